The fraction of sp³-hybridized carbons (Fsp3) is 0.556. The van der Waals surface area contributed by atoms with Gasteiger partial charge in [0.05, 0.1) is 13.5 Å². The van der Waals surface area contributed by atoms with Crippen LogP contribution in [0.5, 0.6) is 5.75 Å². The van der Waals surface area contributed by atoms with E-state index in [0.717, 1.165) is 35.4 Å². The highest BCUT2D eigenvalue weighted by molar-refractivity contribution is 5.80. The van der Waals surface area contributed by atoms with Crippen LogP contribution in [0.4, 0.5) is 0 Å². The Kier molecular flexibility index (Phi) is 5.64. The number of hydrogen-bond acceptors (Lipinski definition) is 3. The third kappa shape index (κ3) is 4.24. The zero-order chi connectivity index (χ0) is 17.0. The average Bonchev–Trinajstić information content (AvgIpc) is 2.76. The largest absolute Gasteiger partial charge is 0.496 e. The topological polar surface area (TPSA) is 49.9 Å². The molecule has 5 nitrogen and oxygen atoms in total. The lowest BCUT2D eigenvalue weighted by molar-refractivity contribution is -0.132. The molecule has 0 radical (unpaired) electrons. The predicted octanol–water partition coefficient (Wildman–Crippen LogP) is 1.94. The zero-order valence-electron chi connectivity index (χ0n) is 14.5. The highest BCUT2D eigenvalue weighted by atomic mass is 16.5. The maximum absolute atomic E-state index is 12.6. The molecule has 5 heteroatoms. The van der Waals surface area contributed by atoms with E-state index in [1.807, 2.05) is 35.8 Å². The standard InChI is InChI=1S/C18H26N2O3/c1-13-10-16(17(23-4)11-14(13)2)12-18(22)20-7-5-6-19(8-9-20)15(3)21/h10-11H,5-9,12H2,1-4H3. The van der Waals surface area contributed by atoms with E-state index in [0.29, 0.717) is 26.1 Å². The Morgan fingerprint density at radius 3 is 2.30 bits per heavy atom. The summed E-state index contributed by atoms with van der Waals surface area (Å²) in [4.78, 5) is 27.8. The van der Waals surface area contributed by atoms with Gasteiger partial charge in [-0.15, -0.1) is 0 Å². The van der Waals surface area contributed by atoms with Crippen LogP contribution in [-0.4, -0.2) is 54.9 Å². The summed E-state index contributed by atoms with van der Waals surface area (Å²) in [7, 11) is 1.63. The van der Waals surface area contributed by atoms with Crippen molar-refractivity contribution in [3.63, 3.8) is 0 Å². The first-order chi connectivity index (χ1) is 10.9. The van der Waals surface area contributed by atoms with Gasteiger partial charge < -0.3 is 14.5 Å². The molecule has 2 amide bonds. The van der Waals surface area contributed by atoms with Gasteiger partial charge in [0.2, 0.25) is 11.8 Å². The summed E-state index contributed by atoms with van der Waals surface area (Å²) >= 11 is 0. The van der Waals surface area contributed by atoms with Crippen LogP contribution < -0.4 is 4.74 Å². The van der Waals surface area contributed by atoms with Gasteiger partial charge in [-0.05, 0) is 37.5 Å². The van der Waals surface area contributed by atoms with Crippen LogP contribution in [0.2, 0.25) is 0 Å². The molecule has 0 unspecified atom stereocenters. The summed E-state index contributed by atoms with van der Waals surface area (Å²) in [6, 6.07) is 4.02. The molecular formula is C18H26N2O3. The Morgan fingerprint density at radius 1 is 1.04 bits per heavy atom. The molecule has 1 aliphatic heterocycles. The zero-order valence-corrected chi connectivity index (χ0v) is 14.5. The van der Waals surface area contributed by atoms with E-state index in [4.69, 9.17) is 4.74 Å². The van der Waals surface area contributed by atoms with Crippen LogP contribution in [-0.2, 0) is 16.0 Å². The van der Waals surface area contributed by atoms with Crippen LogP contribution in [0.15, 0.2) is 12.1 Å². The summed E-state index contributed by atoms with van der Waals surface area (Å²) in [6.45, 7) is 8.31. The average molecular weight is 318 g/mol. The van der Waals surface area contributed by atoms with E-state index < -0.39 is 0 Å². The van der Waals surface area contributed by atoms with Crippen molar-refractivity contribution in [1.29, 1.82) is 0 Å². The van der Waals surface area contributed by atoms with Crippen LogP contribution in [0, 0.1) is 13.8 Å². The molecule has 0 N–H and O–H groups in total. The smallest absolute Gasteiger partial charge is 0.227 e. The lowest BCUT2D eigenvalue weighted by atomic mass is 10.0. The lowest BCUT2D eigenvalue weighted by Crippen LogP contribution is -2.37. The predicted molar refractivity (Wildman–Crippen MR) is 89.6 cm³/mol. The minimum absolute atomic E-state index is 0.0788. The second-order valence-corrected chi connectivity index (χ2v) is 6.17. The van der Waals surface area contributed by atoms with Crippen molar-refractivity contribution in [2.24, 2.45) is 0 Å². The molecule has 126 valence electrons. The molecule has 1 heterocycles. The minimum atomic E-state index is 0.0788. The molecule has 2 rings (SSSR count). The van der Waals surface area contributed by atoms with Crippen molar-refractivity contribution in [1.82, 2.24) is 9.80 Å². The number of methoxy groups -OCH3 is 1. The van der Waals surface area contributed by atoms with E-state index >= 15 is 0 Å². The Morgan fingerprint density at radius 2 is 1.65 bits per heavy atom. The highest BCUT2D eigenvalue weighted by Gasteiger charge is 2.21. The molecule has 1 fully saturated rings. The summed E-state index contributed by atoms with van der Waals surface area (Å²) in [5.41, 5.74) is 3.24. The minimum Gasteiger partial charge on any atom is -0.496 e. The van der Waals surface area contributed by atoms with Gasteiger partial charge in [0.25, 0.3) is 0 Å². The molecular weight excluding hydrogens is 292 g/mol. The van der Waals surface area contributed by atoms with Crippen molar-refractivity contribution in [2.45, 2.75) is 33.6 Å². The molecule has 0 atom stereocenters. The molecule has 1 saturated heterocycles. The van der Waals surface area contributed by atoms with Crippen LogP contribution in [0.3, 0.4) is 0 Å². The Hall–Kier alpha value is -2.04. The summed E-state index contributed by atoms with van der Waals surface area (Å²) in [5, 5.41) is 0. The second-order valence-electron chi connectivity index (χ2n) is 6.17. The molecule has 1 aliphatic rings. The third-order valence-electron chi connectivity index (χ3n) is 4.53. The number of rotatable bonds is 3. The van der Waals surface area contributed by atoms with Crippen LogP contribution in [0.1, 0.15) is 30.0 Å². The Balaban J connectivity index is 2.07. The molecule has 0 aromatic heterocycles. The van der Waals surface area contributed by atoms with Gasteiger partial charge in [0, 0.05) is 38.7 Å². The SMILES string of the molecule is COc1cc(C)c(C)cc1CC(=O)N1CCCN(C(C)=O)CC1. The van der Waals surface area contributed by atoms with Gasteiger partial charge >= 0.3 is 0 Å². The number of carbonyl (C=O) groups is 2. The Bertz CT molecular complexity index is 598. The van der Waals surface area contributed by atoms with E-state index in [1.165, 1.54) is 0 Å². The lowest BCUT2D eigenvalue weighted by Gasteiger charge is -2.22. The molecule has 0 bridgehead atoms. The normalized spacial score (nSPS) is 15.3. The van der Waals surface area contributed by atoms with Crippen molar-refractivity contribution >= 4 is 11.8 Å². The van der Waals surface area contributed by atoms with Crippen molar-refractivity contribution < 1.29 is 14.3 Å². The molecule has 1 aromatic rings. The summed E-state index contributed by atoms with van der Waals surface area (Å²) in [6.07, 6.45) is 1.17. The van der Waals surface area contributed by atoms with Gasteiger partial charge in [0.1, 0.15) is 5.75 Å². The van der Waals surface area contributed by atoms with Crippen molar-refractivity contribution in [2.75, 3.05) is 33.3 Å². The van der Waals surface area contributed by atoms with Gasteiger partial charge in [-0.2, -0.15) is 0 Å². The van der Waals surface area contributed by atoms with Crippen molar-refractivity contribution in [3.05, 3.63) is 28.8 Å². The first-order valence-electron chi connectivity index (χ1n) is 8.09. The molecule has 1 aromatic carbocycles. The number of carbonyl (C=O) groups excluding carboxylic acids is 2. The van der Waals surface area contributed by atoms with Crippen LogP contribution >= 0.6 is 0 Å². The maximum atomic E-state index is 12.6. The highest BCUT2D eigenvalue weighted by Crippen LogP contribution is 2.24. The van der Waals surface area contributed by atoms with E-state index in [-0.39, 0.29) is 11.8 Å². The number of aryl methyl sites for hydroxylation is 2. The molecule has 0 aliphatic carbocycles. The number of ether oxygens (including phenoxy) is 1. The van der Waals surface area contributed by atoms with Crippen molar-refractivity contribution in [3.8, 4) is 5.75 Å². The number of hydrogen-bond donors (Lipinski definition) is 0. The fourth-order valence-electron chi connectivity index (χ4n) is 2.93. The second kappa shape index (κ2) is 7.49. The van der Waals surface area contributed by atoms with E-state index in [1.54, 1.807) is 14.0 Å². The van der Waals surface area contributed by atoms with Gasteiger partial charge in [-0.1, -0.05) is 6.07 Å². The van der Waals surface area contributed by atoms with Gasteiger partial charge in [0.15, 0.2) is 0 Å². The van der Waals surface area contributed by atoms with Gasteiger partial charge in [-0.3, -0.25) is 9.59 Å². The van der Waals surface area contributed by atoms with E-state index in [9.17, 15) is 9.59 Å². The monoisotopic (exact) mass is 318 g/mol. The number of nitrogens with zero attached hydrogens (tertiary/aromatic N) is 2. The number of amides is 2. The first kappa shape index (κ1) is 17.3. The molecule has 0 saturated carbocycles. The van der Waals surface area contributed by atoms with Crippen LogP contribution in [0.25, 0.3) is 0 Å². The fourth-order valence-corrected chi connectivity index (χ4v) is 2.93. The number of benzene rings is 1. The quantitative estimate of drug-likeness (QED) is 0.856. The molecule has 23 heavy (non-hydrogen) atoms. The molecule has 0 spiro atoms. The third-order valence-corrected chi connectivity index (χ3v) is 4.53. The van der Waals surface area contributed by atoms with E-state index in [2.05, 4.69) is 0 Å². The van der Waals surface area contributed by atoms with Gasteiger partial charge in [-0.25, -0.2) is 0 Å². The Labute approximate surface area is 138 Å². The summed E-state index contributed by atoms with van der Waals surface area (Å²) in [5.74, 6) is 0.939. The maximum Gasteiger partial charge on any atom is 0.227 e. The summed E-state index contributed by atoms with van der Waals surface area (Å²) < 4.78 is 5.42. The first-order valence-corrected chi connectivity index (χ1v) is 8.09.